The van der Waals surface area contributed by atoms with E-state index in [0.29, 0.717) is 10.6 Å². The van der Waals surface area contributed by atoms with Gasteiger partial charge in [-0.3, -0.25) is 10.1 Å². The lowest BCUT2D eigenvalue weighted by Gasteiger charge is -2.03. The lowest BCUT2D eigenvalue weighted by molar-refractivity contribution is -0.384. The highest BCUT2D eigenvalue weighted by Gasteiger charge is 2.13. The average molecular weight is 240 g/mol. The zero-order valence-electron chi connectivity index (χ0n) is 6.21. The maximum atomic E-state index is 10.4. The summed E-state index contributed by atoms with van der Waals surface area (Å²) in [6, 6.07) is 3.95. The van der Waals surface area contributed by atoms with Crippen LogP contribution in [0.5, 0.6) is 0 Å². The molecule has 0 fully saturated rings. The van der Waals surface area contributed by atoms with Crippen LogP contribution in [-0.2, 0) is 0 Å². The number of hydrogen-bond donors (Lipinski definition) is 0. The van der Waals surface area contributed by atoms with Gasteiger partial charge in [-0.2, -0.15) is 0 Å². The Kier molecular flexibility index (Phi) is 3.36. The van der Waals surface area contributed by atoms with Gasteiger partial charge in [0.1, 0.15) is 4.84 Å². The van der Waals surface area contributed by atoms with E-state index in [-0.39, 0.29) is 5.69 Å². The van der Waals surface area contributed by atoms with Gasteiger partial charge in [0.05, 0.1) is 4.92 Å². The van der Waals surface area contributed by atoms with Crippen molar-refractivity contribution in [1.29, 1.82) is 0 Å². The van der Waals surface area contributed by atoms with Crippen LogP contribution in [-0.4, -0.2) is 4.92 Å². The van der Waals surface area contributed by atoms with Crippen LogP contribution < -0.4 is 0 Å². The third kappa shape index (κ3) is 2.46. The molecular weight excluding hydrogens is 236 g/mol. The number of rotatable bonds is 2. The standard InChI is InChI=1S/C7H4Cl3NO2/c8-6-2-1-4(11(12)13)3-5(6)7(9)10/h1-3,7H. The van der Waals surface area contributed by atoms with Crippen LogP contribution >= 0.6 is 34.8 Å². The van der Waals surface area contributed by atoms with Gasteiger partial charge >= 0.3 is 0 Å². The Bertz CT molecular complexity index is 341. The summed E-state index contributed by atoms with van der Waals surface area (Å²) in [5.41, 5.74) is 0.268. The summed E-state index contributed by atoms with van der Waals surface area (Å²) in [5, 5.41) is 10.7. The highest BCUT2D eigenvalue weighted by atomic mass is 35.5. The van der Waals surface area contributed by atoms with Crippen molar-refractivity contribution in [3.05, 3.63) is 38.9 Å². The lowest BCUT2D eigenvalue weighted by atomic mass is 10.2. The molecule has 70 valence electrons. The quantitative estimate of drug-likeness (QED) is 0.449. The van der Waals surface area contributed by atoms with Gasteiger partial charge in [0.25, 0.3) is 5.69 Å². The van der Waals surface area contributed by atoms with Gasteiger partial charge in [0.15, 0.2) is 0 Å². The minimum absolute atomic E-state index is 0.0781. The topological polar surface area (TPSA) is 43.1 Å². The van der Waals surface area contributed by atoms with Crippen molar-refractivity contribution in [3.8, 4) is 0 Å². The minimum atomic E-state index is -0.854. The Morgan fingerprint density at radius 3 is 2.46 bits per heavy atom. The second-order valence-corrected chi connectivity index (χ2v) is 3.77. The van der Waals surface area contributed by atoms with Crippen molar-refractivity contribution in [2.75, 3.05) is 0 Å². The van der Waals surface area contributed by atoms with Crippen molar-refractivity contribution in [2.45, 2.75) is 4.84 Å². The Labute approximate surface area is 89.4 Å². The van der Waals surface area contributed by atoms with Crippen LogP contribution in [0, 0.1) is 10.1 Å². The highest BCUT2D eigenvalue weighted by Crippen LogP contribution is 2.33. The molecule has 0 spiro atoms. The van der Waals surface area contributed by atoms with Crippen molar-refractivity contribution in [2.24, 2.45) is 0 Å². The summed E-state index contributed by atoms with van der Waals surface area (Å²) in [7, 11) is 0. The summed E-state index contributed by atoms with van der Waals surface area (Å²) >= 11 is 16.8. The average Bonchev–Trinajstić information content (AvgIpc) is 2.04. The first-order valence-electron chi connectivity index (χ1n) is 3.24. The van der Waals surface area contributed by atoms with Gasteiger partial charge in [-0.1, -0.05) is 11.6 Å². The molecule has 0 radical (unpaired) electrons. The molecule has 0 N–H and O–H groups in total. The van der Waals surface area contributed by atoms with Gasteiger partial charge in [-0.05, 0) is 6.07 Å². The van der Waals surface area contributed by atoms with E-state index in [1.54, 1.807) is 0 Å². The number of nitro groups is 1. The van der Waals surface area contributed by atoms with Crippen molar-refractivity contribution >= 4 is 40.5 Å². The summed E-state index contributed by atoms with van der Waals surface area (Å²) in [6.07, 6.45) is 0. The summed E-state index contributed by atoms with van der Waals surface area (Å²) < 4.78 is 0. The van der Waals surface area contributed by atoms with Crippen LogP contribution in [0.4, 0.5) is 5.69 Å². The predicted molar refractivity (Wildman–Crippen MR) is 52.6 cm³/mol. The van der Waals surface area contributed by atoms with E-state index in [4.69, 9.17) is 34.8 Å². The molecule has 1 aromatic carbocycles. The maximum Gasteiger partial charge on any atom is 0.269 e. The van der Waals surface area contributed by atoms with Crippen molar-refractivity contribution in [3.63, 3.8) is 0 Å². The molecular formula is C7H4Cl3NO2. The van der Waals surface area contributed by atoms with E-state index in [0.717, 1.165) is 0 Å². The number of benzene rings is 1. The zero-order valence-corrected chi connectivity index (χ0v) is 8.47. The molecule has 0 aliphatic heterocycles. The van der Waals surface area contributed by atoms with E-state index in [1.807, 2.05) is 0 Å². The highest BCUT2D eigenvalue weighted by molar-refractivity contribution is 6.45. The first-order valence-corrected chi connectivity index (χ1v) is 4.49. The Hall–Kier alpha value is -0.510. The van der Waals surface area contributed by atoms with Gasteiger partial charge in [0, 0.05) is 22.7 Å². The van der Waals surface area contributed by atoms with E-state index >= 15 is 0 Å². The fourth-order valence-corrected chi connectivity index (χ4v) is 1.51. The smallest absolute Gasteiger partial charge is 0.258 e. The Balaban J connectivity index is 3.19. The molecule has 0 amide bonds. The zero-order chi connectivity index (χ0) is 10.0. The third-order valence-electron chi connectivity index (χ3n) is 1.43. The first-order chi connectivity index (χ1) is 6.02. The minimum Gasteiger partial charge on any atom is -0.258 e. The monoisotopic (exact) mass is 239 g/mol. The van der Waals surface area contributed by atoms with Gasteiger partial charge in [0.2, 0.25) is 0 Å². The van der Waals surface area contributed by atoms with Crippen LogP contribution in [0.25, 0.3) is 0 Å². The van der Waals surface area contributed by atoms with E-state index in [2.05, 4.69) is 0 Å². The SMILES string of the molecule is O=[N+]([O-])c1ccc(Cl)c(C(Cl)Cl)c1. The van der Waals surface area contributed by atoms with E-state index in [9.17, 15) is 10.1 Å². The lowest BCUT2D eigenvalue weighted by Crippen LogP contribution is -1.91. The summed E-state index contributed by atoms with van der Waals surface area (Å²) in [6.45, 7) is 0. The third-order valence-corrected chi connectivity index (χ3v) is 2.24. The van der Waals surface area contributed by atoms with Gasteiger partial charge in [-0.25, -0.2) is 0 Å². The largest absolute Gasteiger partial charge is 0.269 e. The summed E-state index contributed by atoms with van der Waals surface area (Å²) in [4.78, 5) is 8.98. The fraction of sp³-hybridized carbons (Fsp3) is 0.143. The number of non-ortho nitro benzene ring substituents is 1. The molecule has 0 saturated carbocycles. The molecule has 1 aromatic rings. The molecule has 3 nitrogen and oxygen atoms in total. The van der Waals surface area contributed by atoms with Crippen molar-refractivity contribution < 1.29 is 4.92 Å². The van der Waals surface area contributed by atoms with Gasteiger partial charge in [-0.15, -0.1) is 23.2 Å². The number of nitrogens with zero attached hydrogens (tertiary/aromatic N) is 1. The number of nitro benzene ring substituents is 1. The second-order valence-electron chi connectivity index (χ2n) is 2.26. The van der Waals surface area contributed by atoms with Crippen LogP contribution in [0.15, 0.2) is 18.2 Å². The van der Waals surface area contributed by atoms with Crippen LogP contribution in [0.3, 0.4) is 0 Å². The summed E-state index contributed by atoms with van der Waals surface area (Å²) in [5.74, 6) is 0. The molecule has 13 heavy (non-hydrogen) atoms. The maximum absolute atomic E-state index is 10.4. The number of hydrogen-bond acceptors (Lipinski definition) is 2. The normalized spacial score (nSPS) is 10.5. The van der Waals surface area contributed by atoms with Crippen LogP contribution in [0.1, 0.15) is 10.4 Å². The molecule has 6 heteroatoms. The predicted octanol–water partition coefficient (Wildman–Crippen LogP) is 3.72. The van der Waals surface area contributed by atoms with Gasteiger partial charge < -0.3 is 0 Å². The van der Waals surface area contributed by atoms with Crippen LogP contribution in [0.2, 0.25) is 5.02 Å². The molecule has 0 aromatic heterocycles. The molecule has 0 heterocycles. The number of halogens is 3. The Morgan fingerprint density at radius 1 is 1.38 bits per heavy atom. The number of alkyl halides is 2. The molecule has 0 bridgehead atoms. The molecule has 1 rings (SSSR count). The second kappa shape index (κ2) is 4.13. The van der Waals surface area contributed by atoms with E-state index in [1.165, 1.54) is 18.2 Å². The fourth-order valence-electron chi connectivity index (χ4n) is 0.812. The first kappa shape index (κ1) is 10.6. The van der Waals surface area contributed by atoms with E-state index < -0.39 is 9.76 Å². The van der Waals surface area contributed by atoms with Crippen molar-refractivity contribution in [1.82, 2.24) is 0 Å². The molecule has 0 unspecified atom stereocenters. The molecule has 0 aliphatic carbocycles. The molecule has 0 aliphatic rings. The Morgan fingerprint density at radius 2 is 2.00 bits per heavy atom. The molecule has 0 atom stereocenters. The molecule has 0 saturated heterocycles.